The molecule has 8 atom stereocenters. The molecule has 3 amide bonds. The van der Waals surface area contributed by atoms with Crippen LogP contribution in [0, 0.1) is 11.8 Å². The van der Waals surface area contributed by atoms with Gasteiger partial charge in [-0.15, -0.1) is 18.3 Å². The zero-order chi connectivity index (χ0) is 39.3. The summed E-state index contributed by atoms with van der Waals surface area (Å²) in [7, 11) is 1.69. The first-order chi connectivity index (χ1) is 26.6. The van der Waals surface area contributed by atoms with Crippen LogP contribution in [0.4, 0.5) is 0 Å². The van der Waals surface area contributed by atoms with Gasteiger partial charge in [0.1, 0.15) is 29.9 Å². The maximum absolute atomic E-state index is 15.0. The van der Waals surface area contributed by atoms with Crippen LogP contribution in [-0.4, -0.2) is 114 Å². The Balaban J connectivity index is 1.33. The lowest BCUT2D eigenvalue weighted by molar-refractivity contribution is -0.164. The number of aromatic nitrogens is 3. The average Bonchev–Trinajstić information content (AvgIpc) is 3.92. The number of likely N-dealkylation sites (tertiary alicyclic amines) is 1. The lowest BCUT2D eigenvalue weighted by Crippen LogP contribution is -2.57. The molecule has 55 heavy (non-hydrogen) atoms. The number of para-hydroxylation sites is 1. The van der Waals surface area contributed by atoms with Crippen molar-refractivity contribution < 1.29 is 33.8 Å². The monoisotopic (exact) mass is 818 g/mol. The number of esters is 1. The maximum Gasteiger partial charge on any atom is 0.313 e. The lowest BCUT2D eigenvalue weighted by Gasteiger charge is -2.37. The first-order valence-electron chi connectivity index (χ1n) is 19.1. The number of alkyl halides is 1. The van der Waals surface area contributed by atoms with Crippen LogP contribution in [-0.2, 0) is 35.3 Å². The number of aliphatic hydroxyl groups excluding tert-OH is 1. The number of carbonyl (C=O) groups is 4. The number of carbonyl (C=O) groups excluding carboxylic acids is 4. The minimum Gasteiger partial charge on any atom is -0.455 e. The van der Waals surface area contributed by atoms with Crippen LogP contribution in [0.15, 0.2) is 79.9 Å². The fourth-order valence-electron chi connectivity index (χ4n) is 8.52. The Morgan fingerprint density at radius 2 is 1.82 bits per heavy atom. The van der Waals surface area contributed by atoms with E-state index < -0.39 is 47.7 Å². The van der Waals surface area contributed by atoms with E-state index in [2.05, 4.69) is 39.4 Å². The Morgan fingerprint density at radius 1 is 1.09 bits per heavy atom. The molecule has 3 aliphatic heterocycles. The number of likely N-dealkylation sites (N-methyl/N-ethyl adjacent to an activating group) is 1. The third-order valence-electron chi connectivity index (χ3n) is 11.4. The van der Waals surface area contributed by atoms with Crippen LogP contribution in [0.5, 0.6) is 0 Å². The van der Waals surface area contributed by atoms with E-state index in [9.17, 15) is 24.3 Å². The fourth-order valence-corrected chi connectivity index (χ4v) is 9.46. The van der Waals surface area contributed by atoms with Gasteiger partial charge < -0.3 is 29.3 Å². The topological polar surface area (TPSA) is 147 Å². The molecule has 0 radical (unpaired) electrons. The van der Waals surface area contributed by atoms with Crippen molar-refractivity contribution in [1.82, 2.24) is 29.7 Å². The number of amides is 3. The second kappa shape index (κ2) is 17.6. The molecule has 3 fully saturated rings. The fraction of sp³-hybridized carbons (Fsp3) is 0.512. The molecule has 4 heterocycles. The predicted molar refractivity (Wildman–Crippen MR) is 209 cm³/mol. The van der Waals surface area contributed by atoms with E-state index in [1.807, 2.05) is 61.5 Å². The molecular weight excluding hydrogens is 768 g/mol. The Kier molecular flexibility index (Phi) is 12.9. The van der Waals surface area contributed by atoms with Crippen molar-refractivity contribution in [1.29, 1.82) is 0 Å². The second-order valence-electron chi connectivity index (χ2n) is 14.7. The number of halogens is 1. The zero-order valence-electron chi connectivity index (χ0n) is 31.5. The predicted octanol–water partition coefficient (Wildman–Crippen LogP) is 4.80. The van der Waals surface area contributed by atoms with E-state index in [1.165, 1.54) is 0 Å². The highest BCUT2D eigenvalue weighted by atomic mass is 79.9. The molecule has 2 bridgehead atoms. The highest BCUT2D eigenvalue weighted by molar-refractivity contribution is 9.09. The van der Waals surface area contributed by atoms with Crippen molar-refractivity contribution >= 4 is 50.7 Å². The number of unbranched alkanes of at least 4 members (excludes halogenated alkanes) is 3. The van der Waals surface area contributed by atoms with Crippen molar-refractivity contribution in [2.75, 3.05) is 26.7 Å². The quantitative estimate of drug-likeness (QED) is 0.0780. The maximum atomic E-state index is 15.0. The third-order valence-corrected chi connectivity index (χ3v) is 12.2. The number of hydrogen-bond donors (Lipinski definition) is 1. The number of nitrogens with zero attached hydrogens (tertiary/aromatic N) is 6. The SMILES string of the molecule is C=CCCC(=O)N(C)[C@@H](C)[C@@H](OC(=O)[C@H]1[C@@H]2O[C@@]3(CC2Br)[C@@H]1C(=O)N(CCCCCCO)[C@@H]3C(=O)N(CC=C)Cn1nnc2ccccc21)c1ccccc1. The van der Waals surface area contributed by atoms with E-state index in [1.54, 1.807) is 38.6 Å². The smallest absolute Gasteiger partial charge is 0.313 e. The summed E-state index contributed by atoms with van der Waals surface area (Å²) in [6.07, 6.45) is 5.63. The molecule has 3 aromatic rings. The van der Waals surface area contributed by atoms with Crippen LogP contribution in [0.2, 0.25) is 0 Å². The van der Waals surface area contributed by atoms with E-state index >= 15 is 0 Å². The number of allylic oxidation sites excluding steroid dienone is 1. The van der Waals surface area contributed by atoms with Crippen molar-refractivity contribution in [3.63, 3.8) is 0 Å². The molecule has 294 valence electrons. The number of ether oxygens (including phenoxy) is 2. The molecule has 13 nitrogen and oxygen atoms in total. The number of aliphatic hydroxyl groups is 1. The van der Waals surface area contributed by atoms with Crippen molar-refractivity contribution in [2.24, 2.45) is 11.8 Å². The summed E-state index contributed by atoms with van der Waals surface area (Å²) in [5.41, 5.74) is 0.832. The van der Waals surface area contributed by atoms with E-state index in [-0.39, 0.29) is 55.3 Å². The summed E-state index contributed by atoms with van der Waals surface area (Å²) in [6, 6.07) is 15.2. The van der Waals surface area contributed by atoms with Gasteiger partial charge in [0.05, 0.1) is 29.5 Å². The van der Waals surface area contributed by atoms with Gasteiger partial charge in [0, 0.05) is 38.0 Å². The first kappa shape index (κ1) is 40.3. The number of fused-ring (bicyclic) bond motifs is 2. The summed E-state index contributed by atoms with van der Waals surface area (Å²) in [5, 5.41) is 17.9. The van der Waals surface area contributed by atoms with Gasteiger partial charge in [-0.1, -0.05) is 88.6 Å². The van der Waals surface area contributed by atoms with Crippen LogP contribution >= 0.6 is 15.9 Å². The molecule has 14 heteroatoms. The van der Waals surface area contributed by atoms with Crippen LogP contribution in [0.25, 0.3) is 11.0 Å². The minimum absolute atomic E-state index is 0.0590. The Morgan fingerprint density at radius 3 is 2.55 bits per heavy atom. The van der Waals surface area contributed by atoms with Crippen LogP contribution in [0.1, 0.15) is 63.5 Å². The largest absolute Gasteiger partial charge is 0.455 e. The van der Waals surface area contributed by atoms with E-state index in [4.69, 9.17) is 9.47 Å². The minimum atomic E-state index is -1.31. The highest BCUT2D eigenvalue weighted by Gasteiger charge is 2.77. The molecule has 3 saturated heterocycles. The van der Waals surface area contributed by atoms with Gasteiger partial charge in [0.15, 0.2) is 0 Å². The molecule has 6 rings (SSSR count). The molecule has 3 aliphatic rings. The van der Waals surface area contributed by atoms with Gasteiger partial charge >= 0.3 is 5.97 Å². The van der Waals surface area contributed by atoms with Gasteiger partial charge in [-0.3, -0.25) is 19.2 Å². The molecule has 1 aromatic heterocycles. The average molecular weight is 820 g/mol. The third kappa shape index (κ3) is 7.86. The summed E-state index contributed by atoms with van der Waals surface area (Å²) < 4.78 is 14.8. The standard InChI is InChI=1S/C41H51BrN6O7/c1-5-7-21-32(50)45(4)27(3)35(28-17-11-10-12-18-28)54-40(53)33-34-38(51)47(23-15-8-9-16-24-49)37(41(34)25-29(42)36(33)55-41)39(52)46(22-6-2)26-48-31-20-14-13-19-30(31)43-44-48/h5-6,10-14,17-20,27,29,33-37,49H,1-2,7-9,15-16,21-26H2,3-4H3/t27-,29?,33+,34-,35+,36+,37+,41-/m0/s1. The Hall–Kier alpha value is -4.40. The Labute approximate surface area is 330 Å². The number of rotatable bonds is 19. The molecule has 0 aliphatic carbocycles. The molecule has 1 N–H and O–H groups in total. The highest BCUT2D eigenvalue weighted by Crippen LogP contribution is 2.60. The summed E-state index contributed by atoms with van der Waals surface area (Å²) in [4.78, 5) is 62.0. The molecular formula is C41H51BrN6O7. The van der Waals surface area contributed by atoms with Crippen molar-refractivity contribution in [3.05, 3.63) is 85.5 Å². The van der Waals surface area contributed by atoms with Crippen LogP contribution < -0.4 is 0 Å². The molecule has 1 unspecified atom stereocenters. The van der Waals surface area contributed by atoms with Crippen LogP contribution in [0.3, 0.4) is 0 Å². The number of benzene rings is 2. The first-order valence-corrected chi connectivity index (χ1v) is 20.0. The van der Waals surface area contributed by atoms with Crippen molar-refractivity contribution in [2.45, 2.75) is 93.3 Å². The summed E-state index contributed by atoms with van der Waals surface area (Å²) >= 11 is 3.77. The summed E-state index contributed by atoms with van der Waals surface area (Å²) in [6.45, 7) is 10.1. The second-order valence-corrected chi connectivity index (χ2v) is 15.9. The molecule has 1 spiro atoms. The number of hydrogen-bond acceptors (Lipinski definition) is 9. The zero-order valence-corrected chi connectivity index (χ0v) is 33.1. The van der Waals surface area contributed by atoms with Gasteiger partial charge in [-0.25, -0.2) is 4.68 Å². The van der Waals surface area contributed by atoms with Gasteiger partial charge in [-0.2, -0.15) is 0 Å². The van der Waals surface area contributed by atoms with Gasteiger partial charge in [0.25, 0.3) is 0 Å². The summed E-state index contributed by atoms with van der Waals surface area (Å²) in [5.74, 6) is -3.37. The molecule has 0 saturated carbocycles. The van der Waals surface area contributed by atoms with E-state index in [0.717, 1.165) is 18.4 Å². The van der Waals surface area contributed by atoms with Gasteiger partial charge in [0.2, 0.25) is 17.7 Å². The van der Waals surface area contributed by atoms with Gasteiger partial charge in [-0.05, 0) is 50.3 Å². The normalized spacial score (nSPS) is 25.1. The van der Waals surface area contributed by atoms with Crippen molar-refractivity contribution in [3.8, 4) is 0 Å². The molecule has 2 aromatic carbocycles. The Bertz CT molecular complexity index is 1870. The lowest BCUT2D eigenvalue weighted by atomic mass is 9.70. The van der Waals surface area contributed by atoms with E-state index in [0.29, 0.717) is 36.8 Å².